The van der Waals surface area contributed by atoms with Crippen LogP contribution in [0.4, 0.5) is 11.5 Å². The van der Waals surface area contributed by atoms with Crippen molar-refractivity contribution in [2.45, 2.75) is 37.9 Å². The van der Waals surface area contributed by atoms with Gasteiger partial charge in [0, 0.05) is 7.05 Å². The highest BCUT2D eigenvalue weighted by molar-refractivity contribution is 7.93. The highest BCUT2D eigenvalue weighted by Crippen LogP contribution is 2.28. The minimum atomic E-state index is -3.34. The van der Waals surface area contributed by atoms with Crippen molar-refractivity contribution in [3.63, 3.8) is 0 Å². The molecule has 1 saturated carbocycles. The first kappa shape index (κ1) is 12.2. The lowest BCUT2D eigenvalue weighted by Crippen LogP contribution is -2.26. The molecule has 3 N–H and O–H groups in total. The Hall–Kier alpha value is -1.24. The van der Waals surface area contributed by atoms with Gasteiger partial charge in [-0.05, 0) is 19.8 Å². The molecule has 0 bridgehead atoms. The van der Waals surface area contributed by atoms with Crippen molar-refractivity contribution < 1.29 is 8.42 Å². The molecule has 0 saturated heterocycles. The molecule has 0 amide bonds. The van der Waals surface area contributed by atoms with Gasteiger partial charge in [0.25, 0.3) is 0 Å². The maximum absolute atomic E-state index is 12.1. The molecule has 0 aromatic carbocycles. The van der Waals surface area contributed by atoms with Crippen LogP contribution in [0.3, 0.4) is 0 Å². The summed E-state index contributed by atoms with van der Waals surface area (Å²) < 4.78 is 28.3. The van der Waals surface area contributed by atoms with Gasteiger partial charge in [0.15, 0.2) is 5.82 Å². The number of anilines is 2. The SMILES string of the molecule is Cc1nn(C)c(NS(=O)(=O)C2CCCC2)c1N. The van der Waals surface area contributed by atoms with Crippen LogP contribution in [-0.4, -0.2) is 23.4 Å². The fourth-order valence-electron chi connectivity index (χ4n) is 2.21. The molecule has 0 unspecified atom stereocenters. The van der Waals surface area contributed by atoms with Crippen LogP contribution in [0, 0.1) is 6.92 Å². The van der Waals surface area contributed by atoms with Crippen LogP contribution in [0.1, 0.15) is 31.4 Å². The van der Waals surface area contributed by atoms with Crippen LogP contribution in [0.2, 0.25) is 0 Å². The van der Waals surface area contributed by atoms with Crippen molar-refractivity contribution in [1.29, 1.82) is 0 Å². The van der Waals surface area contributed by atoms with Crippen LogP contribution in [0.25, 0.3) is 0 Å². The van der Waals surface area contributed by atoms with E-state index in [-0.39, 0.29) is 5.25 Å². The molecule has 1 aromatic rings. The fourth-order valence-corrected chi connectivity index (χ4v) is 3.84. The van der Waals surface area contributed by atoms with Crippen molar-refractivity contribution in [3.8, 4) is 0 Å². The largest absolute Gasteiger partial charge is 0.394 e. The minimum Gasteiger partial charge on any atom is -0.394 e. The molecule has 0 radical (unpaired) electrons. The van der Waals surface area contributed by atoms with Crippen molar-refractivity contribution >= 4 is 21.5 Å². The van der Waals surface area contributed by atoms with Gasteiger partial charge < -0.3 is 5.73 Å². The minimum absolute atomic E-state index is 0.294. The molecule has 1 aliphatic rings. The van der Waals surface area contributed by atoms with Crippen LogP contribution >= 0.6 is 0 Å². The number of sulfonamides is 1. The van der Waals surface area contributed by atoms with Gasteiger partial charge >= 0.3 is 0 Å². The molecular weight excluding hydrogens is 240 g/mol. The van der Waals surface area contributed by atoms with Gasteiger partial charge in [-0.1, -0.05) is 12.8 Å². The predicted molar refractivity (Wildman–Crippen MR) is 67.2 cm³/mol. The van der Waals surface area contributed by atoms with Gasteiger partial charge in [-0.2, -0.15) is 5.10 Å². The van der Waals surface area contributed by atoms with E-state index in [1.54, 1.807) is 14.0 Å². The number of nitrogens with two attached hydrogens (primary N) is 1. The second-order valence-corrected chi connectivity index (χ2v) is 6.49. The van der Waals surface area contributed by atoms with Crippen molar-refractivity contribution in [1.82, 2.24) is 9.78 Å². The van der Waals surface area contributed by atoms with Crippen LogP contribution in [-0.2, 0) is 17.1 Å². The normalized spacial score (nSPS) is 17.5. The van der Waals surface area contributed by atoms with E-state index >= 15 is 0 Å². The Morgan fingerprint density at radius 1 is 1.41 bits per heavy atom. The zero-order valence-corrected chi connectivity index (χ0v) is 10.9. The highest BCUT2D eigenvalue weighted by Gasteiger charge is 2.30. The summed E-state index contributed by atoms with van der Waals surface area (Å²) in [6, 6.07) is 0. The summed E-state index contributed by atoms with van der Waals surface area (Å²) in [5.41, 5.74) is 6.83. The third kappa shape index (κ3) is 2.24. The molecule has 6 nitrogen and oxygen atoms in total. The quantitative estimate of drug-likeness (QED) is 0.846. The van der Waals surface area contributed by atoms with Gasteiger partial charge in [0.05, 0.1) is 16.6 Å². The van der Waals surface area contributed by atoms with Crippen LogP contribution in [0.15, 0.2) is 0 Å². The molecule has 0 spiro atoms. The van der Waals surface area contributed by atoms with Crippen molar-refractivity contribution in [2.24, 2.45) is 7.05 Å². The van der Waals surface area contributed by atoms with Gasteiger partial charge in [-0.15, -0.1) is 0 Å². The number of aryl methyl sites for hydroxylation is 2. The summed E-state index contributed by atoms with van der Waals surface area (Å²) in [5, 5.41) is 3.79. The maximum atomic E-state index is 12.1. The number of nitrogens with zero attached hydrogens (tertiary/aromatic N) is 2. The van der Waals surface area contributed by atoms with Crippen molar-refractivity contribution in [2.75, 3.05) is 10.5 Å². The zero-order chi connectivity index (χ0) is 12.6. The van der Waals surface area contributed by atoms with E-state index in [9.17, 15) is 8.42 Å². The van der Waals surface area contributed by atoms with E-state index in [4.69, 9.17) is 5.73 Å². The summed E-state index contributed by atoms with van der Waals surface area (Å²) in [6.45, 7) is 1.75. The third-order valence-corrected chi connectivity index (χ3v) is 5.08. The second kappa shape index (κ2) is 4.21. The Kier molecular flexibility index (Phi) is 3.03. The van der Waals surface area contributed by atoms with E-state index in [1.165, 1.54) is 4.68 Å². The van der Waals surface area contributed by atoms with Crippen LogP contribution < -0.4 is 10.5 Å². The lowest BCUT2D eigenvalue weighted by molar-refractivity contribution is 0.584. The molecule has 1 heterocycles. The Balaban J connectivity index is 2.25. The van der Waals surface area contributed by atoms with Gasteiger partial charge in [0.1, 0.15) is 0 Å². The van der Waals surface area contributed by atoms with Crippen molar-refractivity contribution in [3.05, 3.63) is 5.69 Å². The fraction of sp³-hybridized carbons (Fsp3) is 0.700. The monoisotopic (exact) mass is 258 g/mol. The average molecular weight is 258 g/mol. The third-order valence-electron chi connectivity index (χ3n) is 3.25. The van der Waals surface area contributed by atoms with E-state index in [1.807, 2.05) is 0 Å². The molecule has 1 fully saturated rings. The summed E-state index contributed by atoms with van der Waals surface area (Å²) in [4.78, 5) is 0. The Labute approximate surface area is 101 Å². The number of nitrogen functional groups attached to an aromatic ring is 1. The molecule has 2 rings (SSSR count). The Bertz CT molecular complexity index is 515. The Morgan fingerprint density at radius 3 is 2.47 bits per heavy atom. The average Bonchev–Trinajstić information content (AvgIpc) is 2.84. The van der Waals surface area contributed by atoms with E-state index < -0.39 is 10.0 Å². The first-order chi connectivity index (χ1) is 7.92. The number of hydrogen-bond acceptors (Lipinski definition) is 4. The molecule has 17 heavy (non-hydrogen) atoms. The molecular formula is C10H18N4O2S. The van der Waals surface area contributed by atoms with E-state index in [0.29, 0.717) is 17.2 Å². The summed E-state index contributed by atoms with van der Waals surface area (Å²) in [5.74, 6) is 0.370. The first-order valence-corrected chi connectivity index (χ1v) is 7.27. The molecule has 0 aliphatic heterocycles. The smallest absolute Gasteiger partial charge is 0.236 e. The number of rotatable bonds is 3. The zero-order valence-electron chi connectivity index (χ0n) is 10.1. The summed E-state index contributed by atoms with van der Waals surface area (Å²) in [6.07, 6.45) is 3.41. The van der Waals surface area contributed by atoms with E-state index in [0.717, 1.165) is 25.7 Å². The van der Waals surface area contributed by atoms with Gasteiger partial charge in [-0.3, -0.25) is 4.72 Å². The highest BCUT2D eigenvalue weighted by atomic mass is 32.2. The molecule has 96 valence electrons. The molecule has 0 atom stereocenters. The number of nitrogens with one attached hydrogen (secondary N) is 1. The second-order valence-electron chi connectivity index (χ2n) is 4.52. The number of hydrogen-bond donors (Lipinski definition) is 2. The maximum Gasteiger partial charge on any atom is 0.236 e. The van der Waals surface area contributed by atoms with Gasteiger partial charge in [-0.25, -0.2) is 13.1 Å². The molecule has 1 aromatic heterocycles. The number of aromatic nitrogens is 2. The topological polar surface area (TPSA) is 90.0 Å². The summed E-state index contributed by atoms with van der Waals surface area (Å²) in [7, 11) is -1.66. The lowest BCUT2D eigenvalue weighted by Gasteiger charge is -2.13. The Morgan fingerprint density at radius 2 is 2.00 bits per heavy atom. The van der Waals surface area contributed by atoms with Gasteiger partial charge in [0.2, 0.25) is 10.0 Å². The lowest BCUT2D eigenvalue weighted by atomic mass is 10.4. The molecule has 1 aliphatic carbocycles. The predicted octanol–water partition coefficient (Wildman–Crippen LogP) is 0.995. The van der Waals surface area contributed by atoms with Crippen LogP contribution in [0.5, 0.6) is 0 Å². The summed E-state index contributed by atoms with van der Waals surface area (Å²) >= 11 is 0. The molecule has 7 heteroatoms. The first-order valence-electron chi connectivity index (χ1n) is 5.72. The van der Waals surface area contributed by atoms with E-state index in [2.05, 4.69) is 9.82 Å². The standard InChI is InChI=1S/C10H18N4O2S/c1-7-9(11)10(14(2)12-7)13-17(15,16)8-5-3-4-6-8/h8,13H,3-6,11H2,1-2H3.